The zero-order valence-corrected chi connectivity index (χ0v) is 13.5. The van der Waals surface area contributed by atoms with E-state index in [1.54, 1.807) is 0 Å². The number of carbonyl (C=O) groups is 1. The highest BCUT2D eigenvalue weighted by Crippen LogP contribution is 2.23. The maximum Gasteiger partial charge on any atom is 0.243 e. The van der Waals surface area contributed by atoms with E-state index in [1.807, 2.05) is 62.4 Å². The first-order valence-corrected chi connectivity index (χ1v) is 7.71. The van der Waals surface area contributed by atoms with Crippen molar-refractivity contribution >= 4 is 17.3 Å². The fourth-order valence-corrected chi connectivity index (χ4v) is 2.09. The van der Waals surface area contributed by atoms with Gasteiger partial charge in [-0.05, 0) is 38.1 Å². The molecule has 0 saturated heterocycles. The van der Waals surface area contributed by atoms with Crippen LogP contribution < -0.4 is 20.1 Å². The first-order valence-electron chi connectivity index (χ1n) is 7.71. The summed E-state index contributed by atoms with van der Waals surface area (Å²) in [4.78, 5) is 12.1. The Morgan fingerprint density at radius 1 is 1.00 bits per heavy atom. The average molecular weight is 314 g/mol. The van der Waals surface area contributed by atoms with E-state index in [0.717, 1.165) is 11.4 Å². The van der Waals surface area contributed by atoms with E-state index in [4.69, 9.17) is 9.47 Å². The predicted molar refractivity (Wildman–Crippen MR) is 92.3 cm³/mol. The Kier molecular flexibility index (Phi) is 6.29. The summed E-state index contributed by atoms with van der Waals surface area (Å²) in [5.74, 6) is 1.31. The Hall–Kier alpha value is -2.69. The minimum absolute atomic E-state index is 0.140. The van der Waals surface area contributed by atoms with E-state index in [-0.39, 0.29) is 12.5 Å². The van der Waals surface area contributed by atoms with Gasteiger partial charge in [-0.2, -0.15) is 0 Å². The van der Waals surface area contributed by atoms with Crippen LogP contribution in [0.4, 0.5) is 11.4 Å². The molecular weight excluding hydrogens is 292 g/mol. The Balaban J connectivity index is 1.91. The van der Waals surface area contributed by atoms with Crippen LogP contribution in [0.2, 0.25) is 0 Å². The molecule has 0 aliphatic carbocycles. The molecule has 2 rings (SSSR count). The van der Waals surface area contributed by atoms with Crippen LogP contribution in [0.5, 0.6) is 11.5 Å². The highest BCUT2D eigenvalue weighted by atomic mass is 16.5. The number of amides is 1. The van der Waals surface area contributed by atoms with Crippen LogP contribution in [0.15, 0.2) is 48.5 Å². The lowest BCUT2D eigenvalue weighted by molar-refractivity contribution is -0.114. The third-order valence-corrected chi connectivity index (χ3v) is 3.06. The fourth-order valence-electron chi connectivity index (χ4n) is 2.09. The first kappa shape index (κ1) is 16.7. The number of nitrogens with one attached hydrogen (secondary N) is 2. The van der Waals surface area contributed by atoms with E-state index < -0.39 is 0 Å². The van der Waals surface area contributed by atoms with Gasteiger partial charge in [0.1, 0.15) is 11.5 Å². The molecule has 5 nitrogen and oxygen atoms in total. The van der Waals surface area contributed by atoms with Gasteiger partial charge in [-0.25, -0.2) is 0 Å². The van der Waals surface area contributed by atoms with Crippen molar-refractivity contribution in [2.75, 3.05) is 30.4 Å². The second-order valence-corrected chi connectivity index (χ2v) is 4.79. The number of para-hydroxylation sites is 2. The van der Waals surface area contributed by atoms with Gasteiger partial charge in [0.25, 0.3) is 0 Å². The molecule has 0 unspecified atom stereocenters. The van der Waals surface area contributed by atoms with E-state index in [2.05, 4.69) is 10.6 Å². The highest BCUT2D eigenvalue weighted by Gasteiger charge is 2.07. The highest BCUT2D eigenvalue weighted by molar-refractivity contribution is 5.95. The summed E-state index contributed by atoms with van der Waals surface area (Å²) in [7, 11) is 0. The zero-order chi connectivity index (χ0) is 16.5. The molecule has 0 aromatic heterocycles. The van der Waals surface area contributed by atoms with Gasteiger partial charge in [0.2, 0.25) is 5.91 Å². The second kappa shape index (κ2) is 8.68. The number of hydrogen-bond acceptors (Lipinski definition) is 4. The van der Waals surface area contributed by atoms with Crippen LogP contribution in [0, 0.1) is 0 Å². The van der Waals surface area contributed by atoms with Gasteiger partial charge in [-0.3, -0.25) is 4.79 Å². The zero-order valence-electron chi connectivity index (χ0n) is 13.5. The molecule has 0 bridgehead atoms. The number of rotatable bonds is 8. The minimum atomic E-state index is -0.140. The third-order valence-electron chi connectivity index (χ3n) is 3.06. The van der Waals surface area contributed by atoms with Gasteiger partial charge < -0.3 is 20.1 Å². The van der Waals surface area contributed by atoms with Crippen molar-refractivity contribution in [2.24, 2.45) is 0 Å². The summed E-state index contributed by atoms with van der Waals surface area (Å²) >= 11 is 0. The van der Waals surface area contributed by atoms with Crippen molar-refractivity contribution in [2.45, 2.75) is 13.8 Å². The Morgan fingerprint density at radius 2 is 1.78 bits per heavy atom. The van der Waals surface area contributed by atoms with Crippen LogP contribution >= 0.6 is 0 Å². The van der Waals surface area contributed by atoms with E-state index in [0.29, 0.717) is 24.7 Å². The van der Waals surface area contributed by atoms with Crippen LogP contribution in [-0.4, -0.2) is 25.7 Å². The molecule has 0 saturated carbocycles. The summed E-state index contributed by atoms with van der Waals surface area (Å²) in [5.41, 5.74) is 1.51. The molecule has 0 spiro atoms. The molecule has 2 aromatic rings. The molecule has 0 fully saturated rings. The number of hydrogen-bond donors (Lipinski definition) is 2. The lowest BCUT2D eigenvalue weighted by Crippen LogP contribution is -2.22. The average Bonchev–Trinajstić information content (AvgIpc) is 2.56. The monoisotopic (exact) mass is 314 g/mol. The fraction of sp³-hybridized carbons (Fsp3) is 0.278. The normalized spacial score (nSPS) is 10.0. The van der Waals surface area contributed by atoms with Gasteiger partial charge in [0.15, 0.2) is 0 Å². The molecule has 23 heavy (non-hydrogen) atoms. The molecule has 0 heterocycles. The third kappa shape index (κ3) is 5.21. The summed E-state index contributed by atoms with van der Waals surface area (Å²) in [6.07, 6.45) is 0. The molecule has 0 atom stereocenters. The smallest absolute Gasteiger partial charge is 0.243 e. The Labute approximate surface area is 136 Å². The van der Waals surface area contributed by atoms with E-state index >= 15 is 0 Å². The Morgan fingerprint density at radius 3 is 2.57 bits per heavy atom. The van der Waals surface area contributed by atoms with Gasteiger partial charge >= 0.3 is 0 Å². The van der Waals surface area contributed by atoms with Crippen LogP contribution in [0.25, 0.3) is 0 Å². The quantitative estimate of drug-likeness (QED) is 0.782. The van der Waals surface area contributed by atoms with E-state index in [1.165, 1.54) is 0 Å². The maximum atomic E-state index is 12.1. The summed E-state index contributed by atoms with van der Waals surface area (Å²) < 4.78 is 10.9. The summed E-state index contributed by atoms with van der Waals surface area (Å²) in [5, 5.41) is 5.93. The maximum absolute atomic E-state index is 12.1. The molecule has 5 heteroatoms. The van der Waals surface area contributed by atoms with Gasteiger partial charge in [0, 0.05) is 11.8 Å². The summed E-state index contributed by atoms with van der Waals surface area (Å²) in [6.45, 7) is 5.17. The van der Waals surface area contributed by atoms with Gasteiger partial charge in [-0.1, -0.05) is 18.2 Å². The molecular formula is C18H22N2O3. The Bertz CT molecular complexity index is 644. The first-order chi connectivity index (χ1) is 11.2. The van der Waals surface area contributed by atoms with Crippen molar-refractivity contribution < 1.29 is 14.3 Å². The van der Waals surface area contributed by atoms with Crippen molar-refractivity contribution in [3.63, 3.8) is 0 Å². The lowest BCUT2D eigenvalue weighted by Gasteiger charge is -2.12. The number of ether oxygens (including phenoxy) is 2. The van der Waals surface area contributed by atoms with Crippen molar-refractivity contribution in [1.82, 2.24) is 0 Å². The second-order valence-electron chi connectivity index (χ2n) is 4.79. The van der Waals surface area contributed by atoms with E-state index in [9.17, 15) is 4.79 Å². The molecule has 0 aliphatic heterocycles. The number of anilines is 2. The van der Waals surface area contributed by atoms with Gasteiger partial charge in [-0.15, -0.1) is 0 Å². The molecule has 2 N–H and O–H groups in total. The SMILES string of the molecule is CCOc1cccc(NCC(=O)Nc2ccccc2OCC)c1. The number of benzene rings is 2. The van der Waals surface area contributed by atoms with Crippen molar-refractivity contribution in [3.05, 3.63) is 48.5 Å². The molecule has 122 valence electrons. The standard InChI is InChI=1S/C18H22N2O3/c1-3-22-15-9-7-8-14(12-15)19-13-18(21)20-16-10-5-6-11-17(16)23-4-2/h5-12,19H,3-4,13H2,1-2H3,(H,20,21). The van der Waals surface area contributed by atoms with Gasteiger partial charge in [0.05, 0.1) is 25.4 Å². The molecule has 0 radical (unpaired) electrons. The van der Waals surface area contributed by atoms with Crippen molar-refractivity contribution in [1.29, 1.82) is 0 Å². The predicted octanol–water partition coefficient (Wildman–Crippen LogP) is 3.53. The molecule has 0 aliphatic rings. The summed E-state index contributed by atoms with van der Waals surface area (Å²) in [6, 6.07) is 14.9. The molecule has 2 aromatic carbocycles. The topological polar surface area (TPSA) is 59.6 Å². The number of carbonyl (C=O) groups excluding carboxylic acids is 1. The van der Waals surface area contributed by atoms with Crippen molar-refractivity contribution in [3.8, 4) is 11.5 Å². The lowest BCUT2D eigenvalue weighted by atomic mass is 10.3. The van der Waals surface area contributed by atoms with Crippen LogP contribution in [-0.2, 0) is 4.79 Å². The van der Waals surface area contributed by atoms with Crippen LogP contribution in [0.3, 0.4) is 0 Å². The minimum Gasteiger partial charge on any atom is -0.494 e. The largest absolute Gasteiger partial charge is 0.494 e. The molecule has 1 amide bonds. The van der Waals surface area contributed by atoms with Crippen LogP contribution in [0.1, 0.15) is 13.8 Å².